The highest BCUT2D eigenvalue weighted by atomic mass is 16.5. The maximum Gasteiger partial charge on any atom is 0.176 e. The standard InChI is InChI=1S/C17H23NO2/c1-12(18-11-17(2)8-5-9-17)15-10-13-6-4-7-14(19-3)16(13)20-15/h4,6-7,10,12,18H,5,8-9,11H2,1-3H3. The molecule has 2 aromatic rings. The van der Waals surface area contributed by atoms with E-state index < -0.39 is 0 Å². The number of rotatable bonds is 5. The lowest BCUT2D eigenvalue weighted by atomic mass is 9.70. The molecule has 0 aliphatic heterocycles. The minimum absolute atomic E-state index is 0.226. The highest BCUT2D eigenvalue weighted by molar-refractivity contribution is 5.83. The molecule has 0 saturated heterocycles. The Morgan fingerprint density at radius 1 is 1.40 bits per heavy atom. The van der Waals surface area contributed by atoms with Crippen molar-refractivity contribution >= 4 is 11.0 Å². The van der Waals surface area contributed by atoms with Crippen molar-refractivity contribution in [2.24, 2.45) is 5.41 Å². The van der Waals surface area contributed by atoms with E-state index in [0.29, 0.717) is 5.41 Å². The van der Waals surface area contributed by atoms with Gasteiger partial charge in [-0.05, 0) is 37.3 Å². The molecule has 1 unspecified atom stereocenters. The number of ether oxygens (including phenoxy) is 1. The summed E-state index contributed by atoms with van der Waals surface area (Å²) < 4.78 is 11.3. The molecule has 108 valence electrons. The van der Waals surface area contributed by atoms with Crippen molar-refractivity contribution in [1.29, 1.82) is 0 Å². The first kappa shape index (κ1) is 13.5. The molecule has 1 aliphatic rings. The molecule has 0 spiro atoms. The lowest BCUT2D eigenvalue weighted by molar-refractivity contribution is 0.150. The molecule has 3 nitrogen and oxygen atoms in total. The Hall–Kier alpha value is -1.48. The van der Waals surface area contributed by atoms with Crippen LogP contribution in [0.2, 0.25) is 0 Å². The van der Waals surface area contributed by atoms with Gasteiger partial charge in [0, 0.05) is 11.9 Å². The molecular weight excluding hydrogens is 250 g/mol. The average molecular weight is 273 g/mol. The lowest BCUT2D eigenvalue weighted by Crippen LogP contribution is -2.38. The Labute approximate surface area is 120 Å². The van der Waals surface area contributed by atoms with Gasteiger partial charge in [-0.2, -0.15) is 0 Å². The van der Waals surface area contributed by atoms with Crippen molar-refractivity contribution in [1.82, 2.24) is 5.32 Å². The number of hydrogen-bond acceptors (Lipinski definition) is 3. The number of para-hydroxylation sites is 1. The van der Waals surface area contributed by atoms with Gasteiger partial charge in [-0.15, -0.1) is 0 Å². The molecule has 20 heavy (non-hydrogen) atoms. The summed E-state index contributed by atoms with van der Waals surface area (Å²) in [7, 11) is 1.68. The van der Waals surface area contributed by atoms with Crippen LogP contribution in [0.5, 0.6) is 5.75 Å². The normalized spacial score (nSPS) is 18.8. The molecule has 0 bridgehead atoms. The van der Waals surface area contributed by atoms with Crippen molar-refractivity contribution in [3.63, 3.8) is 0 Å². The summed E-state index contributed by atoms with van der Waals surface area (Å²) in [6.07, 6.45) is 4.04. The van der Waals surface area contributed by atoms with Crippen LogP contribution in [0.1, 0.15) is 44.9 Å². The molecule has 1 fully saturated rings. The third-order valence-corrected chi connectivity index (χ3v) is 4.57. The first-order valence-electron chi connectivity index (χ1n) is 7.41. The Morgan fingerprint density at radius 3 is 2.85 bits per heavy atom. The highest BCUT2D eigenvalue weighted by Crippen LogP contribution is 2.40. The van der Waals surface area contributed by atoms with Gasteiger partial charge in [0.1, 0.15) is 5.76 Å². The fraction of sp³-hybridized carbons (Fsp3) is 0.529. The van der Waals surface area contributed by atoms with Crippen LogP contribution >= 0.6 is 0 Å². The minimum Gasteiger partial charge on any atom is -0.493 e. The van der Waals surface area contributed by atoms with E-state index in [1.807, 2.05) is 12.1 Å². The van der Waals surface area contributed by atoms with Gasteiger partial charge in [-0.1, -0.05) is 25.5 Å². The van der Waals surface area contributed by atoms with Crippen LogP contribution in [0.15, 0.2) is 28.7 Å². The fourth-order valence-electron chi connectivity index (χ4n) is 2.89. The van der Waals surface area contributed by atoms with Gasteiger partial charge in [-0.3, -0.25) is 0 Å². The Bertz CT molecular complexity index is 598. The second-order valence-corrected chi connectivity index (χ2v) is 6.29. The maximum atomic E-state index is 5.98. The van der Waals surface area contributed by atoms with Crippen LogP contribution in [0.4, 0.5) is 0 Å². The number of furan rings is 1. The van der Waals surface area contributed by atoms with Crippen LogP contribution in [-0.4, -0.2) is 13.7 Å². The molecule has 1 heterocycles. The summed E-state index contributed by atoms with van der Waals surface area (Å²) in [5.41, 5.74) is 1.33. The zero-order valence-electron chi connectivity index (χ0n) is 12.5. The maximum absolute atomic E-state index is 5.98. The van der Waals surface area contributed by atoms with Gasteiger partial charge in [-0.25, -0.2) is 0 Å². The molecule has 1 atom stereocenters. The van der Waals surface area contributed by atoms with E-state index in [1.54, 1.807) is 7.11 Å². The Kier molecular flexibility index (Phi) is 3.47. The topological polar surface area (TPSA) is 34.4 Å². The summed E-state index contributed by atoms with van der Waals surface area (Å²) in [6, 6.07) is 8.32. The number of hydrogen-bond donors (Lipinski definition) is 1. The molecule has 1 saturated carbocycles. The molecule has 1 aromatic heterocycles. The summed E-state index contributed by atoms with van der Waals surface area (Å²) in [5, 5.41) is 4.71. The molecule has 1 aromatic carbocycles. The Morgan fingerprint density at radius 2 is 2.20 bits per heavy atom. The van der Waals surface area contributed by atoms with Gasteiger partial charge >= 0.3 is 0 Å². The van der Waals surface area contributed by atoms with E-state index >= 15 is 0 Å². The first-order chi connectivity index (χ1) is 9.61. The van der Waals surface area contributed by atoms with Crippen LogP contribution < -0.4 is 10.1 Å². The molecule has 1 N–H and O–H groups in total. The highest BCUT2D eigenvalue weighted by Gasteiger charge is 2.31. The smallest absolute Gasteiger partial charge is 0.176 e. The third-order valence-electron chi connectivity index (χ3n) is 4.57. The van der Waals surface area contributed by atoms with Gasteiger partial charge in [0.05, 0.1) is 13.2 Å². The number of methoxy groups -OCH3 is 1. The van der Waals surface area contributed by atoms with Crippen molar-refractivity contribution < 1.29 is 9.15 Å². The summed E-state index contributed by atoms with van der Waals surface area (Å²) in [4.78, 5) is 0. The van der Waals surface area contributed by atoms with E-state index in [0.717, 1.165) is 29.0 Å². The van der Waals surface area contributed by atoms with Crippen molar-refractivity contribution in [3.8, 4) is 5.75 Å². The van der Waals surface area contributed by atoms with E-state index in [-0.39, 0.29) is 6.04 Å². The first-order valence-corrected chi connectivity index (χ1v) is 7.41. The largest absolute Gasteiger partial charge is 0.493 e. The minimum atomic E-state index is 0.226. The van der Waals surface area contributed by atoms with Crippen LogP contribution in [-0.2, 0) is 0 Å². The second-order valence-electron chi connectivity index (χ2n) is 6.29. The predicted molar refractivity (Wildman–Crippen MR) is 81.1 cm³/mol. The number of nitrogens with one attached hydrogen (secondary N) is 1. The van der Waals surface area contributed by atoms with Crippen LogP contribution in [0, 0.1) is 5.41 Å². The fourth-order valence-corrected chi connectivity index (χ4v) is 2.89. The SMILES string of the molecule is COc1cccc2cc(C(C)NCC3(C)CCC3)oc12. The molecule has 0 amide bonds. The number of fused-ring (bicyclic) bond motifs is 1. The van der Waals surface area contributed by atoms with Gasteiger partial charge in [0.25, 0.3) is 0 Å². The monoisotopic (exact) mass is 273 g/mol. The van der Waals surface area contributed by atoms with Crippen molar-refractivity contribution in [2.75, 3.05) is 13.7 Å². The summed E-state index contributed by atoms with van der Waals surface area (Å²) >= 11 is 0. The quantitative estimate of drug-likeness (QED) is 0.882. The van der Waals surface area contributed by atoms with E-state index in [2.05, 4.69) is 31.3 Å². The van der Waals surface area contributed by atoms with Crippen LogP contribution in [0.3, 0.4) is 0 Å². The molecule has 1 aliphatic carbocycles. The van der Waals surface area contributed by atoms with Gasteiger partial charge in [0.2, 0.25) is 0 Å². The van der Waals surface area contributed by atoms with E-state index in [1.165, 1.54) is 19.3 Å². The summed E-state index contributed by atoms with van der Waals surface area (Å²) in [6.45, 7) is 5.58. The van der Waals surface area contributed by atoms with E-state index in [4.69, 9.17) is 9.15 Å². The second kappa shape index (κ2) is 5.13. The molecule has 3 rings (SSSR count). The van der Waals surface area contributed by atoms with Gasteiger partial charge < -0.3 is 14.5 Å². The average Bonchev–Trinajstić information content (AvgIpc) is 2.86. The molecule has 3 heteroatoms. The van der Waals surface area contributed by atoms with Crippen molar-refractivity contribution in [2.45, 2.75) is 39.2 Å². The zero-order chi connectivity index (χ0) is 14.2. The summed E-state index contributed by atoms with van der Waals surface area (Å²) in [5.74, 6) is 1.78. The Balaban J connectivity index is 1.75. The number of benzene rings is 1. The third kappa shape index (κ3) is 2.42. The molecule has 0 radical (unpaired) electrons. The van der Waals surface area contributed by atoms with E-state index in [9.17, 15) is 0 Å². The zero-order valence-corrected chi connectivity index (χ0v) is 12.5. The lowest BCUT2D eigenvalue weighted by Gasteiger charge is -2.39. The van der Waals surface area contributed by atoms with Crippen LogP contribution in [0.25, 0.3) is 11.0 Å². The van der Waals surface area contributed by atoms with Crippen molar-refractivity contribution in [3.05, 3.63) is 30.0 Å². The predicted octanol–water partition coefficient (Wildman–Crippen LogP) is 4.28. The molecular formula is C17H23NO2. The van der Waals surface area contributed by atoms with Gasteiger partial charge in [0.15, 0.2) is 11.3 Å².